The fourth-order valence-corrected chi connectivity index (χ4v) is 3.91. The molecule has 2 aliphatic heterocycles. The van der Waals surface area contributed by atoms with Crippen molar-refractivity contribution >= 4 is 11.6 Å². The van der Waals surface area contributed by atoms with Crippen LogP contribution in [0.15, 0.2) is 24.3 Å². The first-order valence-electron chi connectivity index (χ1n) is 9.26. The number of amides is 1. The highest BCUT2D eigenvalue weighted by Crippen LogP contribution is 2.27. The molecule has 3 fully saturated rings. The molecular weight excluding hydrogens is 320 g/mol. The highest BCUT2D eigenvalue weighted by Gasteiger charge is 2.34. The first-order chi connectivity index (χ1) is 12.3. The maximum atomic E-state index is 12.5. The van der Waals surface area contributed by atoms with Crippen molar-refractivity contribution in [3.8, 4) is 0 Å². The molecule has 0 bridgehead atoms. The van der Waals surface area contributed by atoms with Crippen molar-refractivity contribution in [2.45, 2.75) is 37.5 Å². The molecule has 1 amide bonds. The summed E-state index contributed by atoms with van der Waals surface area (Å²) in [6.07, 6.45) is 3.06. The lowest BCUT2D eigenvalue weighted by molar-refractivity contribution is -0.157. The predicted molar refractivity (Wildman–Crippen MR) is 94.1 cm³/mol. The number of ether oxygens (including phenoxy) is 3. The van der Waals surface area contributed by atoms with Crippen LogP contribution in [0.3, 0.4) is 0 Å². The van der Waals surface area contributed by atoms with Gasteiger partial charge in [-0.05, 0) is 43.5 Å². The first kappa shape index (κ1) is 16.8. The third-order valence-electron chi connectivity index (χ3n) is 5.32. The lowest BCUT2D eigenvalue weighted by atomic mass is 9.89. The van der Waals surface area contributed by atoms with Gasteiger partial charge in [0.1, 0.15) is 0 Å². The molecule has 1 aliphatic carbocycles. The molecule has 1 N–H and O–H groups in total. The van der Waals surface area contributed by atoms with Crippen LogP contribution >= 0.6 is 0 Å². The van der Waals surface area contributed by atoms with Crippen LogP contribution in [-0.4, -0.2) is 63.7 Å². The Morgan fingerprint density at radius 3 is 2.44 bits per heavy atom. The van der Waals surface area contributed by atoms with E-state index in [0.717, 1.165) is 51.3 Å². The maximum Gasteiger partial charge on any atom is 0.251 e. The SMILES string of the molecule is O=C(NC1CCC2OCCOC2C1)c1ccc(N2CCOCC2)cc1. The Balaban J connectivity index is 1.33. The number of morpholine rings is 1. The van der Waals surface area contributed by atoms with Crippen LogP contribution in [0.4, 0.5) is 5.69 Å². The number of carbonyl (C=O) groups excluding carboxylic acids is 1. The predicted octanol–water partition coefficient (Wildman–Crippen LogP) is 1.59. The smallest absolute Gasteiger partial charge is 0.251 e. The third-order valence-corrected chi connectivity index (χ3v) is 5.32. The molecule has 4 rings (SSSR count). The van der Waals surface area contributed by atoms with Crippen molar-refractivity contribution in [3.63, 3.8) is 0 Å². The van der Waals surface area contributed by atoms with Crippen LogP contribution in [-0.2, 0) is 14.2 Å². The number of hydrogen-bond acceptors (Lipinski definition) is 5. The van der Waals surface area contributed by atoms with Crippen molar-refractivity contribution in [2.24, 2.45) is 0 Å². The summed E-state index contributed by atoms with van der Waals surface area (Å²) in [5.74, 6) is -0.00583. The number of fused-ring (bicyclic) bond motifs is 1. The first-order valence-corrected chi connectivity index (χ1v) is 9.26. The van der Waals surface area contributed by atoms with Crippen LogP contribution in [0, 0.1) is 0 Å². The molecule has 0 aromatic heterocycles. The third kappa shape index (κ3) is 3.97. The lowest BCUT2D eigenvalue weighted by Crippen LogP contribution is -2.49. The van der Waals surface area contributed by atoms with E-state index in [1.54, 1.807) is 0 Å². The van der Waals surface area contributed by atoms with Crippen molar-refractivity contribution in [3.05, 3.63) is 29.8 Å². The van der Waals surface area contributed by atoms with Gasteiger partial charge in [0.2, 0.25) is 0 Å². The summed E-state index contributed by atoms with van der Waals surface area (Å²) in [6.45, 7) is 4.67. The largest absolute Gasteiger partial charge is 0.378 e. The summed E-state index contributed by atoms with van der Waals surface area (Å²) in [5, 5.41) is 3.16. The van der Waals surface area contributed by atoms with Gasteiger partial charge in [-0.25, -0.2) is 0 Å². The molecule has 6 heteroatoms. The lowest BCUT2D eigenvalue weighted by Gasteiger charge is -2.39. The van der Waals surface area contributed by atoms with Crippen LogP contribution in [0.2, 0.25) is 0 Å². The highest BCUT2D eigenvalue weighted by atomic mass is 16.6. The molecule has 3 atom stereocenters. The molecule has 0 spiro atoms. The van der Waals surface area contributed by atoms with E-state index in [9.17, 15) is 4.79 Å². The minimum absolute atomic E-state index is 0.00583. The zero-order chi connectivity index (χ0) is 17.1. The summed E-state index contributed by atoms with van der Waals surface area (Å²) >= 11 is 0. The highest BCUT2D eigenvalue weighted by molar-refractivity contribution is 5.94. The molecule has 1 saturated carbocycles. The fourth-order valence-electron chi connectivity index (χ4n) is 3.91. The van der Waals surface area contributed by atoms with Gasteiger partial charge in [0.15, 0.2) is 0 Å². The Labute approximate surface area is 148 Å². The van der Waals surface area contributed by atoms with Gasteiger partial charge < -0.3 is 24.4 Å². The Hall–Kier alpha value is -1.63. The van der Waals surface area contributed by atoms with Gasteiger partial charge in [0.05, 0.1) is 38.6 Å². The Morgan fingerprint density at radius 2 is 1.68 bits per heavy atom. The van der Waals surface area contributed by atoms with Crippen molar-refractivity contribution in [2.75, 3.05) is 44.4 Å². The van der Waals surface area contributed by atoms with Crippen molar-refractivity contribution in [1.29, 1.82) is 0 Å². The Kier molecular flexibility index (Phi) is 5.20. The molecule has 1 aromatic rings. The van der Waals surface area contributed by atoms with E-state index < -0.39 is 0 Å². The van der Waals surface area contributed by atoms with E-state index in [-0.39, 0.29) is 24.2 Å². The van der Waals surface area contributed by atoms with E-state index >= 15 is 0 Å². The normalized spacial score (nSPS) is 29.8. The number of carbonyl (C=O) groups is 1. The van der Waals surface area contributed by atoms with E-state index in [0.29, 0.717) is 18.8 Å². The quantitative estimate of drug-likeness (QED) is 0.901. The van der Waals surface area contributed by atoms with Crippen LogP contribution in [0.5, 0.6) is 0 Å². The van der Waals surface area contributed by atoms with Gasteiger partial charge in [-0.3, -0.25) is 4.79 Å². The second-order valence-electron chi connectivity index (χ2n) is 6.95. The minimum Gasteiger partial charge on any atom is -0.378 e. The van der Waals surface area contributed by atoms with Gasteiger partial charge in [-0.2, -0.15) is 0 Å². The zero-order valence-electron chi connectivity index (χ0n) is 14.5. The average Bonchev–Trinajstić information content (AvgIpc) is 2.69. The number of nitrogens with zero attached hydrogens (tertiary/aromatic N) is 1. The topological polar surface area (TPSA) is 60.0 Å². The zero-order valence-corrected chi connectivity index (χ0v) is 14.5. The molecule has 25 heavy (non-hydrogen) atoms. The van der Waals surface area contributed by atoms with Gasteiger partial charge in [-0.15, -0.1) is 0 Å². The summed E-state index contributed by atoms with van der Waals surface area (Å²) < 4.78 is 16.9. The number of hydrogen-bond donors (Lipinski definition) is 1. The summed E-state index contributed by atoms with van der Waals surface area (Å²) in [4.78, 5) is 14.8. The molecule has 6 nitrogen and oxygen atoms in total. The molecule has 3 unspecified atom stereocenters. The van der Waals surface area contributed by atoms with Crippen LogP contribution in [0.25, 0.3) is 0 Å². The molecule has 2 heterocycles. The summed E-state index contributed by atoms with van der Waals surface area (Å²) in [5.41, 5.74) is 1.85. The number of benzene rings is 1. The number of anilines is 1. The van der Waals surface area contributed by atoms with Crippen LogP contribution < -0.4 is 10.2 Å². The second kappa shape index (κ2) is 7.72. The maximum absolute atomic E-state index is 12.5. The standard InChI is InChI=1S/C19H26N2O4/c22-19(20-15-3-6-17-18(13-15)25-12-11-24-17)14-1-4-16(5-2-14)21-7-9-23-10-8-21/h1-2,4-5,15,17-18H,3,6-13H2,(H,20,22). The van der Waals surface area contributed by atoms with Gasteiger partial charge >= 0.3 is 0 Å². The van der Waals surface area contributed by atoms with Crippen molar-refractivity contribution < 1.29 is 19.0 Å². The fraction of sp³-hybridized carbons (Fsp3) is 0.632. The number of nitrogens with one attached hydrogen (secondary N) is 1. The van der Waals surface area contributed by atoms with Crippen molar-refractivity contribution in [1.82, 2.24) is 5.32 Å². The molecule has 3 aliphatic rings. The summed E-state index contributed by atoms with van der Waals surface area (Å²) in [6, 6.07) is 8.02. The summed E-state index contributed by atoms with van der Waals surface area (Å²) in [7, 11) is 0. The van der Waals surface area contributed by atoms with Gasteiger partial charge in [0, 0.05) is 30.4 Å². The Bertz CT molecular complexity index is 586. The van der Waals surface area contributed by atoms with Gasteiger partial charge in [-0.1, -0.05) is 0 Å². The molecule has 0 radical (unpaired) electrons. The van der Waals surface area contributed by atoms with E-state index in [2.05, 4.69) is 10.2 Å². The Morgan fingerprint density at radius 1 is 0.960 bits per heavy atom. The average molecular weight is 346 g/mol. The monoisotopic (exact) mass is 346 g/mol. The molecule has 136 valence electrons. The molecule has 2 saturated heterocycles. The van der Waals surface area contributed by atoms with E-state index in [1.807, 2.05) is 24.3 Å². The van der Waals surface area contributed by atoms with Crippen LogP contribution in [0.1, 0.15) is 29.6 Å². The van der Waals surface area contributed by atoms with Gasteiger partial charge in [0.25, 0.3) is 5.91 Å². The number of rotatable bonds is 3. The van der Waals surface area contributed by atoms with E-state index in [4.69, 9.17) is 14.2 Å². The second-order valence-corrected chi connectivity index (χ2v) is 6.95. The minimum atomic E-state index is -0.00583. The molecular formula is C19H26N2O4. The van der Waals surface area contributed by atoms with E-state index in [1.165, 1.54) is 0 Å². The molecule has 1 aromatic carbocycles.